The van der Waals surface area contributed by atoms with Crippen molar-refractivity contribution in [2.75, 3.05) is 0 Å². The van der Waals surface area contributed by atoms with E-state index in [-0.39, 0.29) is 0 Å². The van der Waals surface area contributed by atoms with Gasteiger partial charge in [0.2, 0.25) is 0 Å². The van der Waals surface area contributed by atoms with Crippen LogP contribution in [0, 0.1) is 0 Å². The van der Waals surface area contributed by atoms with Crippen molar-refractivity contribution < 1.29 is 0 Å². The van der Waals surface area contributed by atoms with Gasteiger partial charge in [-0.15, -0.1) is 0 Å². The molecule has 0 N–H and O–H groups in total. The second-order valence-corrected chi connectivity index (χ2v) is 3.12. The molecule has 0 aliphatic heterocycles. The molecule has 0 bridgehead atoms. The van der Waals surface area contributed by atoms with Gasteiger partial charge < -0.3 is 0 Å². The first-order valence-corrected chi connectivity index (χ1v) is 4.53. The van der Waals surface area contributed by atoms with Crippen LogP contribution in [0.2, 0.25) is 0 Å². The third-order valence-electron chi connectivity index (χ3n) is 1.90. The molecule has 2 nitrogen and oxygen atoms in total. The monoisotopic (exact) mass is 190 g/mol. The first-order chi connectivity index (χ1) is 6.52. The lowest BCUT2D eigenvalue weighted by molar-refractivity contribution is 1.20. The number of aliphatic imine (C=N–C) groups is 2. The van der Waals surface area contributed by atoms with Crippen molar-refractivity contribution in [2.24, 2.45) is 9.98 Å². The summed E-state index contributed by atoms with van der Waals surface area (Å²) < 4.78 is 0. The van der Waals surface area contributed by atoms with Gasteiger partial charge in [0, 0.05) is 6.21 Å². The second-order valence-electron chi connectivity index (χ2n) is 3.12. The van der Waals surface area contributed by atoms with Crippen LogP contribution in [0.15, 0.2) is 45.2 Å². The third kappa shape index (κ3) is 3.99. The molecular weight excluding hydrogens is 172 g/mol. The quantitative estimate of drug-likeness (QED) is 0.478. The molecule has 0 amide bonds. The van der Waals surface area contributed by atoms with Gasteiger partial charge in [-0.2, -0.15) is 0 Å². The highest BCUT2D eigenvalue weighted by Crippen LogP contribution is 2.14. The van der Waals surface area contributed by atoms with Crippen molar-refractivity contribution in [3.05, 3.63) is 35.2 Å². The Kier molecular flexibility index (Phi) is 5.46. The summed E-state index contributed by atoms with van der Waals surface area (Å²) in [6.07, 6.45) is 3.71. The van der Waals surface area contributed by atoms with E-state index in [9.17, 15) is 0 Å². The molecule has 0 saturated heterocycles. The van der Waals surface area contributed by atoms with Crippen LogP contribution in [0.5, 0.6) is 0 Å². The van der Waals surface area contributed by atoms with Gasteiger partial charge in [0.1, 0.15) is 0 Å². The SMILES string of the molecule is C=N/C(C)=C(/C=C(/C)C(=C)C)\N=C/C. The predicted molar refractivity (Wildman–Crippen MR) is 65.0 cm³/mol. The molecule has 76 valence electrons. The molecule has 0 atom stereocenters. The van der Waals surface area contributed by atoms with Crippen LogP contribution in [0.25, 0.3) is 0 Å². The number of nitrogens with zero attached hydrogens (tertiary/aromatic N) is 2. The van der Waals surface area contributed by atoms with Gasteiger partial charge in [-0.1, -0.05) is 12.2 Å². The van der Waals surface area contributed by atoms with Gasteiger partial charge >= 0.3 is 0 Å². The van der Waals surface area contributed by atoms with Crippen molar-refractivity contribution in [2.45, 2.75) is 27.7 Å². The smallest absolute Gasteiger partial charge is 0.0839 e. The molecule has 0 aromatic carbocycles. The first-order valence-electron chi connectivity index (χ1n) is 4.53. The van der Waals surface area contributed by atoms with E-state index in [1.807, 2.05) is 33.8 Å². The molecule has 2 heteroatoms. The molecule has 0 aromatic rings. The molecular formula is C12H18N2. The Bertz CT molecular complexity index is 317. The molecule has 0 unspecified atom stereocenters. The highest BCUT2D eigenvalue weighted by Gasteiger charge is 1.97. The summed E-state index contributed by atoms with van der Waals surface area (Å²) in [5, 5.41) is 0. The highest BCUT2D eigenvalue weighted by molar-refractivity contribution is 5.57. The van der Waals surface area contributed by atoms with E-state index in [1.165, 1.54) is 0 Å². The van der Waals surface area contributed by atoms with Gasteiger partial charge in [-0.25, -0.2) is 0 Å². The number of rotatable bonds is 4. The van der Waals surface area contributed by atoms with Crippen molar-refractivity contribution in [3.63, 3.8) is 0 Å². The van der Waals surface area contributed by atoms with E-state index in [1.54, 1.807) is 6.21 Å². The molecule has 0 aliphatic rings. The Morgan fingerprint density at radius 1 is 1.21 bits per heavy atom. The summed E-state index contributed by atoms with van der Waals surface area (Å²) in [6, 6.07) is 0. The normalized spacial score (nSPS) is 14.1. The fourth-order valence-electron chi connectivity index (χ4n) is 0.783. The minimum Gasteiger partial charge on any atom is -0.267 e. The minimum absolute atomic E-state index is 0.823. The molecule has 0 saturated carbocycles. The topological polar surface area (TPSA) is 24.7 Å². The van der Waals surface area contributed by atoms with Crippen LogP contribution in [0.3, 0.4) is 0 Å². The number of hydrogen-bond donors (Lipinski definition) is 0. The average Bonchev–Trinajstić information content (AvgIpc) is 2.15. The lowest BCUT2D eigenvalue weighted by atomic mass is 10.1. The van der Waals surface area contributed by atoms with Crippen LogP contribution in [0.4, 0.5) is 0 Å². The maximum Gasteiger partial charge on any atom is 0.0839 e. The molecule has 0 spiro atoms. The Morgan fingerprint density at radius 3 is 2.14 bits per heavy atom. The van der Waals surface area contributed by atoms with Crippen molar-refractivity contribution in [1.29, 1.82) is 0 Å². The number of hydrogen-bond acceptors (Lipinski definition) is 2. The van der Waals surface area contributed by atoms with E-state index in [0.717, 1.165) is 22.5 Å². The highest BCUT2D eigenvalue weighted by atomic mass is 14.8. The predicted octanol–water partition coefficient (Wildman–Crippen LogP) is 3.53. The standard InChI is InChI=1S/C12H18N2/c1-7-14-12(11(5)13-6)8-10(4)9(2)3/h7-8H,2,6H2,1,3-5H3/b10-8-,12-11-,14-7-. The van der Waals surface area contributed by atoms with Crippen LogP contribution in [-0.4, -0.2) is 12.9 Å². The maximum absolute atomic E-state index is 4.22. The van der Waals surface area contributed by atoms with E-state index >= 15 is 0 Å². The Balaban J connectivity index is 5.16. The van der Waals surface area contributed by atoms with Crippen molar-refractivity contribution in [3.8, 4) is 0 Å². The minimum atomic E-state index is 0.823. The Labute approximate surface area is 86.5 Å². The fraction of sp³-hybridized carbons (Fsp3) is 0.333. The summed E-state index contributed by atoms with van der Waals surface area (Å²) in [5.41, 5.74) is 3.80. The summed E-state index contributed by atoms with van der Waals surface area (Å²) in [7, 11) is 0. The summed E-state index contributed by atoms with van der Waals surface area (Å²) in [6.45, 7) is 15.1. The van der Waals surface area contributed by atoms with Crippen LogP contribution in [0.1, 0.15) is 27.7 Å². The third-order valence-corrected chi connectivity index (χ3v) is 1.90. The maximum atomic E-state index is 4.22. The van der Waals surface area contributed by atoms with Gasteiger partial charge in [0.15, 0.2) is 0 Å². The molecule has 0 heterocycles. The second kappa shape index (κ2) is 6.08. The van der Waals surface area contributed by atoms with E-state index < -0.39 is 0 Å². The summed E-state index contributed by atoms with van der Waals surface area (Å²) >= 11 is 0. The Morgan fingerprint density at radius 2 is 1.79 bits per heavy atom. The lowest BCUT2D eigenvalue weighted by Gasteiger charge is -2.01. The van der Waals surface area contributed by atoms with E-state index in [2.05, 4.69) is 23.3 Å². The molecule has 0 aliphatic carbocycles. The molecule has 0 radical (unpaired) electrons. The first kappa shape index (κ1) is 12.6. The summed E-state index contributed by atoms with van der Waals surface area (Å²) in [4.78, 5) is 8.08. The van der Waals surface area contributed by atoms with Crippen LogP contribution >= 0.6 is 0 Å². The van der Waals surface area contributed by atoms with Gasteiger partial charge in [0.05, 0.1) is 11.4 Å². The zero-order valence-electron chi connectivity index (χ0n) is 9.46. The zero-order chi connectivity index (χ0) is 11.1. The van der Waals surface area contributed by atoms with Crippen LogP contribution in [-0.2, 0) is 0 Å². The molecule has 14 heavy (non-hydrogen) atoms. The molecule has 0 aromatic heterocycles. The van der Waals surface area contributed by atoms with Crippen LogP contribution < -0.4 is 0 Å². The largest absolute Gasteiger partial charge is 0.267 e. The fourth-order valence-corrected chi connectivity index (χ4v) is 0.783. The molecule has 0 fully saturated rings. The van der Waals surface area contributed by atoms with Gasteiger partial charge in [0.25, 0.3) is 0 Å². The average molecular weight is 190 g/mol. The number of allylic oxidation sites excluding steroid dienone is 4. The Hall–Kier alpha value is -1.44. The van der Waals surface area contributed by atoms with E-state index in [0.29, 0.717) is 0 Å². The van der Waals surface area contributed by atoms with Crippen molar-refractivity contribution >= 4 is 12.9 Å². The van der Waals surface area contributed by atoms with Gasteiger partial charge in [-0.3, -0.25) is 9.98 Å². The van der Waals surface area contributed by atoms with Gasteiger partial charge in [-0.05, 0) is 46.1 Å². The lowest BCUT2D eigenvalue weighted by Crippen LogP contribution is -1.84. The summed E-state index contributed by atoms with van der Waals surface area (Å²) in [5.74, 6) is 0. The van der Waals surface area contributed by atoms with E-state index in [4.69, 9.17) is 0 Å². The van der Waals surface area contributed by atoms with Crippen molar-refractivity contribution in [1.82, 2.24) is 0 Å². The zero-order valence-corrected chi connectivity index (χ0v) is 9.46. The molecule has 0 rings (SSSR count).